The minimum atomic E-state index is -1.07. The quantitative estimate of drug-likeness (QED) is 0.714. The number of nitrogens with zero attached hydrogens (tertiary/aromatic N) is 2. The van der Waals surface area contributed by atoms with Gasteiger partial charge in [0.05, 0.1) is 33.9 Å². The van der Waals surface area contributed by atoms with E-state index in [0.29, 0.717) is 24.1 Å². The Bertz CT molecular complexity index is 803. The number of aromatic nitrogens is 1. The minimum Gasteiger partial charge on any atom is -0.384 e. The van der Waals surface area contributed by atoms with E-state index in [4.69, 9.17) is 5.26 Å². The summed E-state index contributed by atoms with van der Waals surface area (Å²) in [5.74, 6) is 0.201. The van der Waals surface area contributed by atoms with Crippen LogP contribution in [0.2, 0.25) is 0 Å². The second kappa shape index (κ2) is 8.47. The average Bonchev–Trinajstić information content (AvgIpc) is 3.12. The summed E-state index contributed by atoms with van der Waals surface area (Å²) in [6, 6.07) is 4.53. The molecule has 1 aliphatic carbocycles. The van der Waals surface area contributed by atoms with Crippen LogP contribution in [-0.4, -0.2) is 28.1 Å². The van der Waals surface area contributed by atoms with Crippen LogP contribution in [0.1, 0.15) is 45.4 Å². The van der Waals surface area contributed by atoms with Gasteiger partial charge in [-0.1, -0.05) is 0 Å². The number of nitrogens with one attached hydrogen (secondary N) is 2. The summed E-state index contributed by atoms with van der Waals surface area (Å²) in [5.41, 5.74) is 2.40. The molecule has 3 N–H and O–H groups in total. The van der Waals surface area contributed by atoms with E-state index in [9.17, 15) is 9.90 Å². The number of nitriles is 1. The highest BCUT2D eigenvalue weighted by Crippen LogP contribution is 2.37. The number of rotatable bonds is 6. The van der Waals surface area contributed by atoms with Crippen molar-refractivity contribution in [3.63, 3.8) is 0 Å². The summed E-state index contributed by atoms with van der Waals surface area (Å²) in [5, 5.41) is 26.6. The molecule has 0 spiro atoms. The first-order chi connectivity index (χ1) is 12.6. The third-order valence-electron chi connectivity index (χ3n) is 4.97. The van der Waals surface area contributed by atoms with Crippen molar-refractivity contribution in [2.75, 3.05) is 10.6 Å². The summed E-state index contributed by atoms with van der Waals surface area (Å²) in [6.45, 7) is 1.45. The van der Waals surface area contributed by atoms with Gasteiger partial charge in [-0.25, -0.2) is 0 Å². The van der Waals surface area contributed by atoms with Crippen molar-refractivity contribution in [3.05, 3.63) is 17.6 Å². The van der Waals surface area contributed by atoms with Crippen LogP contribution in [0.25, 0.3) is 10.2 Å². The Kier molecular flexibility index (Phi) is 6.07. The van der Waals surface area contributed by atoms with Crippen molar-refractivity contribution in [1.29, 1.82) is 5.26 Å². The van der Waals surface area contributed by atoms with Crippen molar-refractivity contribution in [2.45, 2.75) is 57.6 Å². The lowest BCUT2D eigenvalue weighted by Crippen LogP contribution is -2.28. The topological polar surface area (TPSA) is 98.0 Å². The zero-order chi connectivity index (χ0) is 18.5. The molecule has 26 heavy (non-hydrogen) atoms. The molecule has 0 aromatic carbocycles. The standard InChI is InChI=1S/C19H24N4O2S/c1-12(24)19(25)23-16-11-21-15-8-10-26-18(15)17(16)22-14-6-4-13(5-7-14)3-2-9-20/h8,10-14,24H,2-7H2,1H3,(H,21,22)(H,23,25). The smallest absolute Gasteiger partial charge is 0.253 e. The molecule has 2 aromatic heterocycles. The summed E-state index contributed by atoms with van der Waals surface area (Å²) in [4.78, 5) is 16.3. The fourth-order valence-electron chi connectivity index (χ4n) is 3.46. The number of carbonyl (C=O) groups is 1. The number of hydrogen-bond donors (Lipinski definition) is 3. The summed E-state index contributed by atoms with van der Waals surface area (Å²) < 4.78 is 1.01. The van der Waals surface area contributed by atoms with Gasteiger partial charge < -0.3 is 15.7 Å². The van der Waals surface area contributed by atoms with Crippen molar-refractivity contribution in [3.8, 4) is 6.07 Å². The van der Waals surface area contributed by atoms with E-state index < -0.39 is 12.0 Å². The zero-order valence-electron chi connectivity index (χ0n) is 14.9. The monoisotopic (exact) mass is 372 g/mol. The number of hydrogen-bond acceptors (Lipinski definition) is 6. The van der Waals surface area contributed by atoms with Gasteiger partial charge in [0.1, 0.15) is 6.10 Å². The van der Waals surface area contributed by atoms with Gasteiger partial charge in [0.15, 0.2) is 0 Å². The lowest BCUT2D eigenvalue weighted by Gasteiger charge is -2.30. The van der Waals surface area contributed by atoms with Crippen LogP contribution < -0.4 is 10.6 Å². The van der Waals surface area contributed by atoms with E-state index in [2.05, 4.69) is 21.7 Å². The largest absolute Gasteiger partial charge is 0.384 e. The lowest BCUT2D eigenvalue weighted by atomic mass is 9.83. The van der Waals surface area contributed by atoms with Crippen molar-refractivity contribution >= 4 is 38.8 Å². The van der Waals surface area contributed by atoms with Crippen molar-refractivity contribution in [2.24, 2.45) is 5.92 Å². The van der Waals surface area contributed by atoms with E-state index in [-0.39, 0.29) is 0 Å². The average molecular weight is 372 g/mol. The third kappa shape index (κ3) is 4.32. The van der Waals surface area contributed by atoms with Gasteiger partial charge in [0, 0.05) is 12.5 Å². The van der Waals surface area contributed by atoms with Crippen LogP contribution in [0.3, 0.4) is 0 Å². The maximum Gasteiger partial charge on any atom is 0.253 e. The highest BCUT2D eigenvalue weighted by Gasteiger charge is 2.23. The molecule has 1 saturated carbocycles. The first kappa shape index (κ1) is 18.6. The molecule has 1 amide bonds. The van der Waals surface area contributed by atoms with Crippen LogP contribution >= 0.6 is 11.3 Å². The van der Waals surface area contributed by atoms with Crippen molar-refractivity contribution in [1.82, 2.24) is 4.98 Å². The molecular weight excluding hydrogens is 348 g/mol. The predicted octanol–water partition coefficient (Wildman–Crippen LogP) is 3.89. The van der Waals surface area contributed by atoms with E-state index in [0.717, 1.165) is 48.0 Å². The number of carbonyl (C=O) groups excluding carboxylic acids is 1. The highest BCUT2D eigenvalue weighted by molar-refractivity contribution is 7.17. The minimum absolute atomic E-state index is 0.336. The van der Waals surface area contributed by atoms with Crippen LogP contribution in [0.5, 0.6) is 0 Å². The Labute approximate surface area is 157 Å². The van der Waals surface area contributed by atoms with Crippen LogP contribution in [0.15, 0.2) is 17.6 Å². The Hall–Kier alpha value is -2.17. The van der Waals surface area contributed by atoms with E-state index >= 15 is 0 Å². The molecule has 0 aliphatic heterocycles. The summed E-state index contributed by atoms with van der Waals surface area (Å²) in [6.07, 6.45) is 6.54. The molecule has 2 heterocycles. The first-order valence-electron chi connectivity index (χ1n) is 9.07. The van der Waals surface area contributed by atoms with Crippen LogP contribution in [-0.2, 0) is 4.79 Å². The molecule has 1 unspecified atom stereocenters. The van der Waals surface area contributed by atoms with Gasteiger partial charge in [-0.15, -0.1) is 11.3 Å². The predicted molar refractivity (Wildman–Crippen MR) is 104 cm³/mol. The molecule has 1 fully saturated rings. The molecule has 1 atom stereocenters. The number of anilines is 2. The fraction of sp³-hybridized carbons (Fsp3) is 0.526. The summed E-state index contributed by atoms with van der Waals surface area (Å²) >= 11 is 1.59. The zero-order valence-corrected chi connectivity index (χ0v) is 15.7. The maximum atomic E-state index is 11.9. The molecule has 6 nitrogen and oxygen atoms in total. The Morgan fingerprint density at radius 1 is 1.46 bits per heavy atom. The summed E-state index contributed by atoms with van der Waals surface area (Å²) in [7, 11) is 0. The Morgan fingerprint density at radius 2 is 2.23 bits per heavy atom. The number of amides is 1. The molecule has 0 radical (unpaired) electrons. The van der Waals surface area contributed by atoms with Gasteiger partial charge in [-0.3, -0.25) is 9.78 Å². The van der Waals surface area contributed by atoms with Gasteiger partial charge in [-0.05, 0) is 56.4 Å². The maximum absolute atomic E-state index is 11.9. The molecule has 7 heteroatoms. The molecule has 2 aromatic rings. The SMILES string of the molecule is CC(O)C(=O)Nc1cnc2ccsc2c1NC1CCC(CCC#N)CC1. The molecule has 0 bridgehead atoms. The molecular formula is C19H24N4O2S. The van der Waals surface area contributed by atoms with E-state index in [1.54, 1.807) is 17.5 Å². The second-order valence-electron chi connectivity index (χ2n) is 6.91. The molecule has 3 rings (SSSR count). The number of thiophene rings is 1. The third-order valence-corrected chi connectivity index (χ3v) is 5.89. The number of aliphatic hydroxyl groups is 1. The van der Waals surface area contributed by atoms with Gasteiger partial charge in [0.2, 0.25) is 0 Å². The van der Waals surface area contributed by atoms with Crippen LogP contribution in [0, 0.1) is 17.2 Å². The van der Waals surface area contributed by atoms with Crippen molar-refractivity contribution < 1.29 is 9.90 Å². The molecule has 0 saturated heterocycles. The van der Waals surface area contributed by atoms with Gasteiger partial charge in [-0.2, -0.15) is 5.26 Å². The number of aliphatic hydroxyl groups excluding tert-OH is 1. The Balaban J connectivity index is 1.75. The van der Waals surface area contributed by atoms with Gasteiger partial charge >= 0.3 is 0 Å². The number of pyridine rings is 1. The Morgan fingerprint density at radius 3 is 2.92 bits per heavy atom. The lowest BCUT2D eigenvalue weighted by molar-refractivity contribution is -0.123. The van der Waals surface area contributed by atoms with Crippen LogP contribution in [0.4, 0.5) is 11.4 Å². The highest BCUT2D eigenvalue weighted by atomic mass is 32.1. The number of fused-ring (bicyclic) bond motifs is 1. The van der Waals surface area contributed by atoms with E-state index in [1.165, 1.54) is 6.92 Å². The van der Waals surface area contributed by atoms with Gasteiger partial charge in [0.25, 0.3) is 5.91 Å². The van der Waals surface area contributed by atoms with E-state index in [1.807, 2.05) is 11.4 Å². The second-order valence-corrected chi connectivity index (χ2v) is 7.82. The molecule has 138 valence electrons. The normalized spacial score (nSPS) is 21.1. The fourth-order valence-corrected chi connectivity index (χ4v) is 4.32. The molecule has 1 aliphatic rings. The first-order valence-corrected chi connectivity index (χ1v) is 9.95.